The minimum Gasteiger partial charge on any atom is -0.393 e. The van der Waals surface area contributed by atoms with Crippen molar-refractivity contribution in [2.45, 2.75) is 25.5 Å². The van der Waals surface area contributed by atoms with Gasteiger partial charge in [-0.1, -0.05) is 12.1 Å². The highest BCUT2D eigenvalue weighted by atomic mass is 16.6. The topological polar surface area (TPSA) is 108 Å². The first-order chi connectivity index (χ1) is 13.0. The van der Waals surface area contributed by atoms with E-state index in [1.54, 1.807) is 6.07 Å². The average Bonchev–Trinajstić information content (AvgIpc) is 2.64. The number of urea groups is 1. The second-order valence-electron chi connectivity index (χ2n) is 6.59. The number of likely N-dealkylation sites (tertiary alicyclic amines) is 1. The van der Waals surface area contributed by atoms with Gasteiger partial charge < -0.3 is 15.7 Å². The molecule has 1 aliphatic rings. The van der Waals surface area contributed by atoms with E-state index >= 15 is 0 Å². The van der Waals surface area contributed by atoms with Crippen LogP contribution in [-0.2, 0) is 6.54 Å². The zero-order valence-corrected chi connectivity index (χ0v) is 14.8. The molecule has 3 N–H and O–H groups in total. The van der Waals surface area contributed by atoms with Crippen LogP contribution in [0.2, 0.25) is 0 Å². The third kappa shape index (κ3) is 5.50. The first-order valence-corrected chi connectivity index (χ1v) is 8.81. The van der Waals surface area contributed by atoms with Gasteiger partial charge in [-0.05, 0) is 42.7 Å². The van der Waals surface area contributed by atoms with E-state index in [2.05, 4.69) is 15.5 Å². The van der Waals surface area contributed by atoms with Gasteiger partial charge in [0.05, 0.1) is 11.0 Å². The molecule has 0 aromatic heterocycles. The quantitative estimate of drug-likeness (QED) is 0.553. The van der Waals surface area contributed by atoms with Crippen LogP contribution < -0.4 is 10.6 Å². The number of amides is 2. The Hall–Kier alpha value is -2.97. The van der Waals surface area contributed by atoms with Gasteiger partial charge in [-0.15, -0.1) is 0 Å². The van der Waals surface area contributed by atoms with Gasteiger partial charge in [-0.25, -0.2) is 4.79 Å². The number of hydrogen-bond acceptors (Lipinski definition) is 5. The maximum Gasteiger partial charge on any atom is 0.323 e. The van der Waals surface area contributed by atoms with Crippen LogP contribution in [0.1, 0.15) is 18.4 Å². The maximum atomic E-state index is 12.1. The summed E-state index contributed by atoms with van der Waals surface area (Å²) in [6, 6.07) is 12.8. The van der Waals surface area contributed by atoms with E-state index in [-0.39, 0.29) is 11.8 Å². The van der Waals surface area contributed by atoms with Crippen molar-refractivity contribution in [2.75, 3.05) is 23.7 Å². The van der Waals surface area contributed by atoms with Gasteiger partial charge in [0, 0.05) is 43.1 Å². The largest absolute Gasteiger partial charge is 0.393 e. The molecule has 2 amide bonds. The standard InChI is InChI=1S/C19H22N4O4/c24-18-8-10-22(11-9-18)13-14-2-1-3-16(12-14)21-19(25)20-15-4-6-17(7-5-15)23(26)27/h1-7,12,18,24H,8-11,13H2,(H2,20,21,25). The highest BCUT2D eigenvalue weighted by molar-refractivity contribution is 5.99. The maximum absolute atomic E-state index is 12.1. The molecule has 0 unspecified atom stereocenters. The van der Waals surface area contributed by atoms with Crippen molar-refractivity contribution in [2.24, 2.45) is 0 Å². The van der Waals surface area contributed by atoms with E-state index in [0.29, 0.717) is 11.4 Å². The number of piperidine rings is 1. The molecule has 8 heteroatoms. The summed E-state index contributed by atoms with van der Waals surface area (Å²) in [6.45, 7) is 2.49. The third-order valence-corrected chi connectivity index (χ3v) is 4.48. The smallest absolute Gasteiger partial charge is 0.323 e. The van der Waals surface area contributed by atoms with Gasteiger partial charge in [0.2, 0.25) is 0 Å². The Morgan fingerprint density at radius 1 is 1.11 bits per heavy atom. The summed E-state index contributed by atoms with van der Waals surface area (Å²) in [6.07, 6.45) is 1.38. The summed E-state index contributed by atoms with van der Waals surface area (Å²) in [5, 5.41) is 25.7. The minimum absolute atomic E-state index is 0.0288. The molecular weight excluding hydrogens is 348 g/mol. The molecule has 0 radical (unpaired) electrons. The van der Waals surface area contributed by atoms with Crippen LogP contribution in [0.25, 0.3) is 0 Å². The summed E-state index contributed by atoms with van der Waals surface area (Å²) in [5.74, 6) is 0. The monoisotopic (exact) mass is 370 g/mol. The molecule has 3 rings (SSSR count). The van der Waals surface area contributed by atoms with Gasteiger partial charge in [0.25, 0.3) is 5.69 Å². The van der Waals surface area contributed by atoms with Gasteiger partial charge in [-0.3, -0.25) is 15.0 Å². The molecule has 1 heterocycles. The molecule has 1 saturated heterocycles. The molecule has 0 aliphatic carbocycles. The number of carbonyl (C=O) groups excluding carboxylic acids is 1. The number of hydrogen-bond donors (Lipinski definition) is 3. The van der Waals surface area contributed by atoms with E-state index in [0.717, 1.165) is 38.0 Å². The molecule has 0 saturated carbocycles. The number of nitrogens with zero attached hydrogens (tertiary/aromatic N) is 2. The molecule has 0 bridgehead atoms. The number of aliphatic hydroxyl groups excluding tert-OH is 1. The van der Waals surface area contributed by atoms with Crippen LogP contribution in [0, 0.1) is 10.1 Å². The predicted molar refractivity (Wildman–Crippen MR) is 103 cm³/mol. The third-order valence-electron chi connectivity index (χ3n) is 4.48. The predicted octanol–water partition coefficient (Wildman–Crippen LogP) is 3.20. The van der Waals surface area contributed by atoms with E-state index in [1.807, 2.05) is 18.2 Å². The lowest BCUT2D eigenvalue weighted by atomic mass is 10.1. The first kappa shape index (κ1) is 18.8. The number of benzene rings is 2. The Morgan fingerprint density at radius 2 is 1.78 bits per heavy atom. The summed E-state index contributed by atoms with van der Waals surface area (Å²) >= 11 is 0. The van der Waals surface area contributed by atoms with Crippen molar-refractivity contribution in [3.05, 3.63) is 64.2 Å². The summed E-state index contributed by atoms with van der Waals surface area (Å²) in [5.41, 5.74) is 2.20. The van der Waals surface area contributed by atoms with Crippen LogP contribution in [0.3, 0.4) is 0 Å². The Balaban J connectivity index is 1.55. The lowest BCUT2D eigenvalue weighted by Crippen LogP contribution is -2.35. The van der Waals surface area contributed by atoms with Gasteiger partial charge in [-0.2, -0.15) is 0 Å². The Morgan fingerprint density at radius 3 is 2.44 bits per heavy atom. The molecule has 27 heavy (non-hydrogen) atoms. The minimum atomic E-state index is -0.488. The van der Waals surface area contributed by atoms with Crippen molar-refractivity contribution in [1.82, 2.24) is 4.90 Å². The van der Waals surface area contributed by atoms with Crippen LogP contribution in [0.5, 0.6) is 0 Å². The Kier molecular flexibility index (Phi) is 6.00. The van der Waals surface area contributed by atoms with E-state index < -0.39 is 11.0 Å². The fourth-order valence-corrected chi connectivity index (χ4v) is 3.04. The zero-order chi connectivity index (χ0) is 19.2. The number of non-ortho nitro benzene ring substituents is 1. The summed E-state index contributed by atoms with van der Waals surface area (Å²) in [7, 11) is 0. The molecule has 1 aliphatic heterocycles. The van der Waals surface area contributed by atoms with Crippen LogP contribution >= 0.6 is 0 Å². The van der Waals surface area contributed by atoms with Crippen LogP contribution in [-0.4, -0.2) is 40.2 Å². The van der Waals surface area contributed by atoms with Crippen molar-refractivity contribution < 1.29 is 14.8 Å². The van der Waals surface area contributed by atoms with Gasteiger partial charge >= 0.3 is 6.03 Å². The second-order valence-corrected chi connectivity index (χ2v) is 6.59. The second kappa shape index (κ2) is 8.61. The fraction of sp³-hybridized carbons (Fsp3) is 0.316. The Labute approximate surface area is 157 Å². The molecule has 0 atom stereocenters. The number of nitro groups is 1. The average molecular weight is 370 g/mol. The SMILES string of the molecule is O=C(Nc1ccc([N+](=O)[O-])cc1)Nc1cccc(CN2CCC(O)CC2)c1. The molecule has 1 fully saturated rings. The molecule has 2 aromatic rings. The van der Waals surface area contributed by atoms with E-state index in [9.17, 15) is 20.0 Å². The van der Waals surface area contributed by atoms with Crippen molar-refractivity contribution in [3.8, 4) is 0 Å². The van der Waals surface area contributed by atoms with Gasteiger partial charge in [0.1, 0.15) is 0 Å². The first-order valence-electron chi connectivity index (χ1n) is 8.81. The van der Waals surface area contributed by atoms with Crippen molar-refractivity contribution >= 4 is 23.1 Å². The lowest BCUT2D eigenvalue weighted by molar-refractivity contribution is -0.384. The Bertz CT molecular complexity index is 802. The molecule has 2 aromatic carbocycles. The van der Waals surface area contributed by atoms with Crippen LogP contribution in [0.15, 0.2) is 48.5 Å². The van der Waals surface area contributed by atoms with Gasteiger partial charge in [0.15, 0.2) is 0 Å². The number of aliphatic hydroxyl groups is 1. The number of anilines is 2. The molecule has 142 valence electrons. The van der Waals surface area contributed by atoms with E-state index in [4.69, 9.17) is 0 Å². The normalized spacial score (nSPS) is 15.3. The number of nitrogens with one attached hydrogen (secondary N) is 2. The summed E-state index contributed by atoms with van der Waals surface area (Å²) < 4.78 is 0. The van der Waals surface area contributed by atoms with Crippen LogP contribution in [0.4, 0.5) is 21.9 Å². The summed E-state index contributed by atoms with van der Waals surface area (Å²) in [4.78, 5) is 24.6. The van der Waals surface area contributed by atoms with E-state index in [1.165, 1.54) is 24.3 Å². The molecular formula is C19H22N4O4. The molecule has 8 nitrogen and oxygen atoms in total. The van der Waals surface area contributed by atoms with Crippen molar-refractivity contribution in [3.63, 3.8) is 0 Å². The number of carbonyl (C=O) groups is 1. The molecule has 0 spiro atoms. The number of nitro benzene ring substituents is 1. The van der Waals surface area contributed by atoms with Crippen molar-refractivity contribution in [1.29, 1.82) is 0 Å². The zero-order valence-electron chi connectivity index (χ0n) is 14.8. The highest BCUT2D eigenvalue weighted by Gasteiger charge is 2.17. The lowest BCUT2D eigenvalue weighted by Gasteiger charge is -2.29. The highest BCUT2D eigenvalue weighted by Crippen LogP contribution is 2.18. The fourth-order valence-electron chi connectivity index (χ4n) is 3.04. The number of rotatable bonds is 5.